The van der Waals surface area contributed by atoms with Gasteiger partial charge in [-0.2, -0.15) is 4.31 Å². The smallest absolute Gasteiger partial charge is 0.259 e. The standard InChI is InChI=1S/C18H18F2N2O3S/c19-15-7-4-8-16(11-15)26(24,25)22-10-9-18(20,13-22)17(23)21-12-14-5-2-1-3-6-14/h1-8,11H,9-10,12-13H2,(H,21,23)/t18-/m0/s1. The van der Waals surface area contributed by atoms with E-state index in [9.17, 15) is 22.0 Å². The van der Waals surface area contributed by atoms with E-state index in [-0.39, 0.29) is 24.4 Å². The van der Waals surface area contributed by atoms with Crippen molar-refractivity contribution in [2.24, 2.45) is 0 Å². The Balaban J connectivity index is 1.69. The molecule has 0 saturated carbocycles. The van der Waals surface area contributed by atoms with Crippen LogP contribution in [0.15, 0.2) is 59.5 Å². The van der Waals surface area contributed by atoms with E-state index in [0.29, 0.717) is 0 Å². The summed E-state index contributed by atoms with van der Waals surface area (Å²) in [6.45, 7) is -0.581. The molecule has 1 fully saturated rings. The molecule has 2 aromatic carbocycles. The van der Waals surface area contributed by atoms with Crippen LogP contribution in [-0.2, 0) is 21.4 Å². The van der Waals surface area contributed by atoms with Crippen LogP contribution in [0.3, 0.4) is 0 Å². The first-order valence-corrected chi connectivity index (χ1v) is 9.52. The van der Waals surface area contributed by atoms with Crippen LogP contribution in [0.4, 0.5) is 8.78 Å². The van der Waals surface area contributed by atoms with E-state index >= 15 is 0 Å². The minimum Gasteiger partial charge on any atom is -0.349 e. The van der Waals surface area contributed by atoms with Crippen LogP contribution in [0.2, 0.25) is 0 Å². The van der Waals surface area contributed by atoms with Gasteiger partial charge in [0.15, 0.2) is 0 Å². The molecule has 26 heavy (non-hydrogen) atoms. The van der Waals surface area contributed by atoms with E-state index in [4.69, 9.17) is 0 Å². The largest absolute Gasteiger partial charge is 0.349 e. The topological polar surface area (TPSA) is 66.5 Å². The highest BCUT2D eigenvalue weighted by Gasteiger charge is 2.48. The van der Waals surface area contributed by atoms with Gasteiger partial charge in [0.1, 0.15) is 5.82 Å². The summed E-state index contributed by atoms with van der Waals surface area (Å²) in [4.78, 5) is 12.0. The van der Waals surface area contributed by atoms with Gasteiger partial charge in [0.2, 0.25) is 15.7 Å². The second-order valence-electron chi connectivity index (χ2n) is 6.18. The minimum absolute atomic E-state index is 0.145. The van der Waals surface area contributed by atoms with Crippen molar-refractivity contribution in [3.05, 3.63) is 66.0 Å². The number of nitrogens with one attached hydrogen (secondary N) is 1. The van der Waals surface area contributed by atoms with Gasteiger partial charge in [0.25, 0.3) is 5.91 Å². The third-order valence-electron chi connectivity index (χ3n) is 4.32. The van der Waals surface area contributed by atoms with Gasteiger partial charge in [0, 0.05) is 19.5 Å². The summed E-state index contributed by atoms with van der Waals surface area (Å²) >= 11 is 0. The summed E-state index contributed by atoms with van der Waals surface area (Å²) in [5, 5.41) is 2.51. The number of carbonyl (C=O) groups is 1. The van der Waals surface area contributed by atoms with Crippen molar-refractivity contribution in [3.63, 3.8) is 0 Å². The van der Waals surface area contributed by atoms with Gasteiger partial charge in [-0.1, -0.05) is 36.4 Å². The summed E-state index contributed by atoms with van der Waals surface area (Å²) in [5.74, 6) is -1.55. The average Bonchev–Trinajstić information content (AvgIpc) is 3.05. The molecule has 5 nitrogen and oxygen atoms in total. The molecule has 0 unspecified atom stereocenters. The van der Waals surface area contributed by atoms with Crippen molar-refractivity contribution in [3.8, 4) is 0 Å². The maximum Gasteiger partial charge on any atom is 0.259 e. The Morgan fingerprint density at radius 3 is 2.58 bits per heavy atom. The summed E-state index contributed by atoms with van der Waals surface area (Å²) in [6, 6.07) is 13.5. The van der Waals surface area contributed by atoms with Gasteiger partial charge >= 0.3 is 0 Å². The number of rotatable bonds is 5. The molecule has 1 saturated heterocycles. The molecule has 0 radical (unpaired) electrons. The Morgan fingerprint density at radius 2 is 1.88 bits per heavy atom. The van der Waals surface area contributed by atoms with E-state index in [2.05, 4.69) is 5.32 Å². The monoisotopic (exact) mass is 380 g/mol. The predicted molar refractivity (Wildman–Crippen MR) is 91.9 cm³/mol. The molecule has 1 amide bonds. The van der Waals surface area contributed by atoms with Crippen molar-refractivity contribution in [2.45, 2.75) is 23.5 Å². The molecule has 1 atom stereocenters. The van der Waals surface area contributed by atoms with Crippen molar-refractivity contribution < 1.29 is 22.0 Å². The lowest BCUT2D eigenvalue weighted by Gasteiger charge is -2.20. The van der Waals surface area contributed by atoms with Crippen molar-refractivity contribution in [2.75, 3.05) is 13.1 Å². The third-order valence-corrected chi connectivity index (χ3v) is 6.16. The highest BCUT2D eigenvalue weighted by atomic mass is 32.2. The van der Waals surface area contributed by atoms with Crippen LogP contribution in [0.25, 0.3) is 0 Å². The number of carbonyl (C=O) groups excluding carboxylic acids is 1. The first kappa shape index (κ1) is 18.5. The SMILES string of the molecule is O=C(NCc1ccccc1)[C@]1(F)CCN(S(=O)(=O)c2cccc(F)c2)C1. The molecule has 2 aromatic rings. The molecule has 0 spiro atoms. The molecule has 0 aromatic heterocycles. The molecular weight excluding hydrogens is 362 g/mol. The van der Waals surface area contributed by atoms with Crippen LogP contribution >= 0.6 is 0 Å². The number of nitrogens with zero attached hydrogens (tertiary/aromatic N) is 1. The number of hydrogen-bond acceptors (Lipinski definition) is 3. The molecule has 0 bridgehead atoms. The fourth-order valence-electron chi connectivity index (χ4n) is 2.84. The maximum absolute atomic E-state index is 15.0. The molecule has 1 heterocycles. The lowest BCUT2D eigenvalue weighted by Crippen LogP contribution is -2.45. The second-order valence-corrected chi connectivity index (χ2v) is 8.12. The minimum atomic E-state index is -4.06. The van der Waals surface area contributed by atoms with Crippen LogP contribution in [-0.4, -0.2) is 37.4 Å². The molecule has 1 aliphatic rings. The average molecular weight is 380 g/mol. The quantitative estimate of drug-likeness (QED) is 0.865. The van der Waals surface area contributed by atoms with Gasteiger partial charge < -0.3 is 5.32 Å². The lowest BCUT2D eigenvalue weighted by molar-refractivity contribution is -0.132. The lowest BCUT2D eigenvalue weighted by atomic mass is 10.0. The first-order valence-electron chi connectivity index (χ1n) is 8.08. The van der Waals surface area contributed by atoms with Gasteiger partial charge in [-0.25, -0.2) is 17.2 Å². The molecule has 1 aliphatic heterocycles. The molecular formula is C18H18F2N2O3S. The van der Waals surface area contributed by atoms with Crippen molar-refractivity contribution >= 4 is 15.9 Å². The van der Waals surface area contributed by atoms with E-state index in [1.165, 1.54) is 12.1 Å². The number of hydrogen-bond donors (Lipinski definition) is 1. The number of sulfonamides is 1. The highest BCUT2D eigenvalue weighted by Crippen LogP contribution is 2.30. The van der Waals surface area contributed by atoms with Crippen LogP contribution in [0.5, 0.6) is 0 Å². The Morgan fingerprint density at radius 1 is 1.15 bits per heavy atom. The number of alkyl halides is 1. The van der Waals surface area contributed by atoms with E-state index < -0.39 is 34.0 Å². The van der Waals surface area contributed by atoms with Gasteiger partial charge in [-0.3, -0.25) is 4.79 Å². The summed E-state index contributed by atoms with van der Waals surface area (Å²) < 4.78 is 54.3. The van der Waals surface area contributed by atoms with E-state index in [0.717, 1.165) is 22.0 Å². The van der Waals surface area contributed by atoms with Gasteiger partial charge in [0.05, 0.1) is 11.4 Å². The normalized spacial score (nSPS) is 20.8. The number of amides is 1. The Kier molecular flexibility index (Phi) is 5.06. The zero-order valence-electron chi connectivity index (χ0n) is 13.9. The van der Waals surface area contributed by atoms with Gasteiger partial charge in [-0.05, 0) is 23.8 Å². The zero-order chi connectivity index (χ0) is 18.8. The van der Waals surface area contributed by atoms with Crippen LogP contribution in [0, 0.1) is 5.82 Å². The molecule has 0 aliphatic carbocycles. The summed E-state index contributed by atoms with van der Waals surface area (Å²) in [7, 11) is -4.06. The fraction of sp³-hybridized carbons (Fsp3) is 0.278. The first-order chi connectivity index (χ1) is 12.3. The molecule has 8 heteroatoms. The Labute approximate surface area is 150 Å². The maximum atomic E-state index is 15.0. The van der Waals surface area contributed by atoms with Crippen LogP contribution < -0.4 is 5.32 Å². The Bertz CT molecular complexity index is 906. The molecule has 138 valence electrons. The van der Waals surface area contributed by atoms with Gasteiger partial charge in [-0.15, -0.1) is 0 Å². The summed E-state index contributed by atoms with van der Waals surface area (Å²) in [5.41, 5.74) is -1.50. The Hall–Kier alpha value is -2.32. The molecule has 3 rings (SSSR count). The molecule has 1 N–H and O–H groups in total. The zero-order valence-corrected chi connectivity index (χ0v) is 14.7. The van der Waals surface area contributed by atoms with Crippen molar-refractivity contribution in [1.29, 1.82) is 0 Å². The van der Waals surface area contributed by atoms with Crippen molar-refractivity contribution in [1.82, 2.24) is 9.62 Å². The highest BCUT2D eigenvalue weighted by molar-refractivity contribution is 7.89. The van der Waals surface area contributed by atoms with E-state index in [1.807, 2.05) is 6.07 Å². The summed E-state index contributed by atoms with van der Waals surface area (Å²) in [6.07, 6.45) is -0.248. The number of benzene rings is 2. The second kappa shape index (κ2) is 7.13. The fourth-order valence-corrected chi connectivity index (χ4v) is 4.36. The van der Waals surface area contributed by atoms with Crippen LogP contribution in [0.1, 0.15) is 12.0 Å². The number of halogens is 2. The third kappa shape index (κ3) is 3.76. The van der Waals surface area contributed by atoms with E-state index in [1.54, 1.807) is 24.3 Å². The predicted octanol–water partition coefficient (Wildman–Crippen LogP) is 2.24.